The first-order valence-corrected chi connectivity index (χ1v) is 7.90. The van der Waals surface area contributed by atoms with Crippen LogP contribution in [0.3, 0.4) is 0 Å². The van der Waals surface area contributed by atoms with Gasteiger partial charge < -0.3 is 5.11 Å². The van der Waals surface area contributed by atoms with Gasteiger partial charge in [-0.15, -0.1) is 5.10 Å². The van der Waals surface area contributed by atoms with Crippen LogP contribution < -0.4 is 0 Å². The third kappa shape index (κ3) is 2.49. The van der Waals surface area contributed by atoms with Crippen LogP contribution in [-0.4, -0.2) is 17.0 Å². The first-order chi connectivity index (χ1) is 11.7. The first-order valence-electron chi connectivity index (χ1n) is 7.53. The van der Waals surface area contributed by atoms with E-state index >= 15 is 0 Å². The van der Waals surface area contributed by atoms with Crippen molar-refractivity contribution in [1.82, 2.24) is 0 Å². The molecule has 0 amide bonds. The molecule has 0 saturated carbocycles. The van der Waals surface area contributed by atoms with Crippen molar-refractivity contribution in [3.63, 3.8) is 0 Å². The zero-order valence-electron chi connectivity index (χ0n) is 12.6. The minimum Gasteiger partial charge on any atom is -0.507 e. The second-order valence-corrected chi connectivity index (χ2v) is 5.92. The molecule has 3 aromatic carbocycles. The van der Waals surface area contributed by atoms with Gasteiger partial charge in [0, 0.05) is 21.7 Å². The maximum atomic E-state index is 9.84. The topological polar surface area (TPSA) is 45.0 Å². The Bertz CT molecular complexity index is 945. The van der Waals surface area contributed by atoms with Crippen molar-refractivity contribution < 1.29 is 5.11 Å². The van der Waals surface area contributed by atoms with Gasteiger partial charge >= 0.3 is 0 Å². The van der Waals surface area contributed by atoms with Crippen LogP contribution in [0.4, 0.5) is 0 Å². The average molecular weight is 333 g/mol. The summed E-state index contributed by atoms with van der Waals surface area (Å²) in [6.45, 7) is 0. The van der Waals surface area contributed by atoms with Crippen LogP contribution in [0, 0.1) is 0 Å². The van der Waals surface area contributed by atoms with Crippen molar-refractivity contribution in [3.8, 4) is 16.9 Å². The monoisotopic (exact) mass is 332 g/mol. The second kappa shape index (κ2) is 5.95. The number of hydrogen-bond acceptors (Lipinski definition) is 3. The van der Waals surface area contributed by atoms with Crippen molar-refractivity contribution in [3.05, 3.63) is 88.4 Å². The molecular weight excluding hydrogens is 320 g/mol. The lowest BCUT2D eigenvalue weighted by molar-refractivity contribution is 0.474. The van der Waals surface area contributed by atoms with E-state index in [1.54, 1.807) is 12.1 Å². The molecule has 0 atom stereocenters. The van der Waals surface area contributed by atoms with Crippen molar-refractivity contribution in [2.45, 2.75) is 0 Å². The maximum Gasteiger partial charge on any atom is 0.124 e. The minimum atomic E-state index is 0.121. The van der Waals surface area contributed by atoms with E-state index in [0.29, 0.717) is 10.6 Å². The van der Waals surface area contributed by atoms with Gasteiger partial charge in [0.25, 0.3) is 0 Å². The van der Waals surface area contributed by atoms with E-state index in [1.165, 1.54) is 12.3 Å². The zero-order chi connectivity index (χ0) is 16.5. The third-order valence-corrected chi connectivity index (χ3v) is 4.23. The van der Waals surface area contributed by atoms with Crippen molar-refractivity contribution in [2.75, 3.05) is 0 Å². The number of nitrogens with zero attached hydrogens (tertiary/aromatic N) is 2. The van der Waals surface area contributed by atoms with E-state index in [9.17, 15) is 5.11 Å². The predicted molar refractivity (Wildman–Crippen MR) is 98.2 cm³/mol. The smallest absolute Gasteiger partial charge is 0.124 e. The van der Waals surface area contributed by atoms with Gasteiger partial charge in [-0.05, 0) is 29.3 Å². The molecule has 4 rings (SSSR count). The molecule has 1 N–H and O–H groups in total. The van der Waals surface area contributed by atoms with Crippen LogP contribution in [0.25, 0.3) is 11.1 Å². The minimum absolute atomic E-state index is 0.121. The van der Waals surface area contributed by atoms with Crippen LogP contribution in [0.5, 0.6) is 5.75 Å². The van der Waals surface area contributed by atoms with Gasteiger partial charge in [-0.2, -0.15) is 5.10 Å². The summed E-state index contributed by atoms with van der Waals surface area (Å²) in [5, 5.41) is 19.0. The lowest BCUT2D eigenvalue weighted by atomic mass is 10.1. The van der Waals surface area contributed by atoms with Crippen LogP contribution in [-0.2, 0) is 0 Å². The fraction of sp³-hybridized carbons (Fsp3) is 0. The molecule has 0 bridgehead atoms. The van der Waals surface area contributed by atoms with Gasteiger partial charge in [0.1, 0.15) is 11.5 Å². The van der Waals surface area contributed by atoms with E-state index in [0.717, 1.165) is 28.0 Å². The van der Waals surface area contributed by atoms with Gasteiger partial charge in [0.2, 0.25) is 0 Å². The van der Waals surface area contributed by atoms with Crippen molar-refractivity contribution in [1.29, 1.82) is 0 Å². The predicted octanol–water partition coefficient (Wildman–Crippen LogP) is 4.90. The fourth-order valence-corrected chi connectivity index (χ4v) is 3.06. The largest absolute Gasteiger partial charge is 0.507 e. The van der Waals surface area contributed by atoms with Crippen LogP contribution in [0.1, 0.15) is 16.7 Å². The molecular formula is C20H13ClN2O. The summed E-state index contributed by atoms with van der Waals surface area (Å²) in [5.41, 5.74) is 5.81. The molecule has 4 heteroatoms. The molecule has 0 aliphatic heterocycles. The summed E-state index contributed by atoms with van der Waals surface area (Å²) in [5.74, 6) is 0.121. The molecule has 0 unspecified atom stereocenters. The Kier molecular flexibility index (Phi) is 3.63. The molecule has 0 fully saturated rings. The SMILES string of the molecule is Oc1ccc(Cl)cc1C=NN=C1c2ccccc2-c2ccccc21. The highest BCUT2D eigenvalue weighted by molar-refractivity contribution is 6.31. The van der Waals surface area contributed by atoms with Gasteiger partial charge in [-0.1, -0.05) is 60.1 Å². The Hall–Kier alpha value is -2.91. The van der Waals surface area contributed by atoms with E-state index < -0.39 is 0 Å². The summed E-state index contributed by atoms with van der Waals surface area (Å²) in [4.78, 5) is 0. The molecule has 0 radical (unpaired) electrons. The zero-order valence-corrected chi connectivity index (χ0v) is 13.4. The number of benzene rings is 3. The molecule has 24 heavy (non-hydrogen) atoms. The van der Waals surface area contributed by atoms with Crippen LogP contribution >= 0.6 is 11.6 Å². The number of phenolic OH excluding ortho intramolecular Hbond substituents is 1. The Morgan fingerprint density at radius 3 is 2.00 bits per heavy atom. The highest BCUT2D eigenvalue weighted by Gasteiger charge is 2.23. The summed E-state index contributed by atoms with van der Waals surface area (Å²) >= 11 is 5.95. The average Bonchev–Trinajstić information content (AvgIpc) is 2.93. The molecule has 0 aromatic heterocycles. The Labute approximate surface area is 144 Å². The Morgan fingerprint density at radius 1 is 0.792 bits per heavy atom. The number of aromatic hydroxyl groups is 1. The van der Waals surface area contributed by atoms with E-state index in [4.69, 9.17) is 11.6 Å². The van der Waals surface area contributed by atoms with E-state index in [1.807, 2.05) is 36.4 Å². The molecule has 0 heterocycles. The highest BCUT2D eigenvalue weighted by Crippen LogP contribution is 2.36. The number of fused-ring (bicyclic) bond motifs is 3. The quantitative estimate of drug-likeness (QED) is 0.412. The lowest BCUT2D eigenvalue weighted by Crippen LogP contribution is -1.97. The third-order valence-electron chi connectivity index (χ3n) is 4.00. The van der Waals surface area contributed by atoms with Gasteiger partial charge in [-0.3, -0.25) is 0 Å². The number of phenols is 1. The summed E-state index contributed by atoms with van der Waals surface area (Å²) < 4.78 is 0. The molecule has 0 spiro atoms. The molecule has 3 aromatic rings. The van der Waals surface area contributed by atoms with Gasteiger partial charge in [0.05, 0.1) is 6.21 Å². The lowest BCUT2D eigenvalue weighted by Gasteiger charge is -1.99. The standard InChI is InChI=1S/C20H13ClN2O/c21-14-9-10-19(24)13(11-14)12-22-23-20-17-7-3-1-5-15(17)16-6-2-4-8-18(16)20/h1-12,24H. The molecule has 0 saturated heterocycles. The van der Waals surface area contributed by atoms with Crippen LogP contribution in [0.15, 0.2) is 76.9 Å². The first kappa shape index (κ1) is 14.7. The normalized spacial score (nSPS) is 12.3. The second-order valence-electron chi connectivity index (χ2n) is 5.49. The molecule has 116 valence electrons. The fourth-order valence-electron chi connectivity index (χ4n) is 2.88. The van der Waals surface area contributed by atoms with E-state index in [-0.39, 0.29) is 5.75 Å². The Morgan fingerprint density at radius 2 is 1.38 bits per heavy atom. The van der Waals surface area contributed by atoms with Crippen molar-refractivity contribution >= 4 is 23.5 Å². The number of hydrogen-bond donors (Lipinski definition) is 1. The summed E-state index contributed by atoms with van der Waals surface area (Å²) in [6.07, 6.45) is 1.51. The molecule has 3 nitrogen and oxygen atoms in total. The molecule has 1 aliphatic rings. The Balaban J connectivity index is 1.77. The number of halogens is 1. The van der Waals surface area contributed by atoms with Gasteiger partial charge in [0.15, 0.2) is 0 Å². The summed E-state index contributed by atoms with van der Waals surface area (Å²) in [6, 6.07) is 21.1. The van der Waals surface area contributed by atoms with E-state index in [2.05, 4.69) is 22.3 Å². The number of rotatable bonds is 2. The molecule has 1 aliphatic carbocycles. The maximum absolute atomic E-state index is 9.84. The highest BCUT2D eigenvalue weighted by atomic mass is 35.5. The van der Waals surface area contributed by atoms with Crippen LogP contribution in [0.2, 0.25) is 5.02 Å². The summed E-state index contributed by atoms with van der Waals surface area (Å²) in [7, 11) is 0. The van der Waals surface area contributed by atoms with Gasteiger partial charge in [-0.25, -0.2) is 0 Å². The van der Waals surface area contributed by atoms with Crippen molar-refractivity contribution in [2.24, 2.45) is 10.2 Å².